The van der Waals surface area contributed by atoms with E-state index in [-0.39, 0.29) is 24.2 Å². The van der Waals surface area contributed by atoms with Gasteiger partial charge >= 0.3 is 0 Å². The van der Waals surface area contributed by atoms with E-state index in [1.54, 1.807) is 11.3 Å². The van der Waals surface area contributed by atoms with Gasteiger partial charge in [0.15, 0.2) is 11.6 Å². The first-order valence-corrected chi connectivity index (χ1v) is 10.2. The molecular formula is C20H20ClFN3OS+. The summed E-state index contributed by atoms with van der Waals surface area (Å²) in [6.07, 6.45) is 3.22. The van der Waals surface area contributed by atoms with Crippen molar-refractivity contribution < 1.29 is 14.1 Å². The molecule has 2 N–H and O–H groups in total. The number of anilines is 1. The maximum Gasteiger partial charge on any atom is 0.279 e. The molecule has 1 aliphatic rings. The Morgan fingerprint density at radius 2 is 2.15 bits per heavy atom. The Kier molecular flexibility index (Phi) is 5.38. The Morgan fingerprint density at radius 3 is 3.00 bits per heavy atom. The van der Waals surface area contributed by atoms with Crippen LogP contribution in [0.2, 0.25) is 5.02 Å². The molecule has 2 atom stereocenters. The Hall–Kier alpha value is -2.02. The molecule has 2 heterocycles. The predicted molar refractivity (Wildman–Crippen MR) is 107 cm³/mol. The van der Waals surface area contributed by atoms with Crippen LogP contribution < -0.4 is 10.2 Å². The van der Waals surface area contributed by atoms with Gasteiger partial charge < -0.3 is 10.2 Å². The highest BCUT2D eigenvalue weighted by Crippen LogP contribution is 2.28. The number of para-hydroxylation sites is 1. The number of aromatic nitrogens is 1. The Bertz CT molecular complexity index is 944. The van der Waals surface area contributed by atoms with Crippen molar-refractivity contribution in [3.8, 4) is 0 Å². The van der Waals surface area contributed by atoms with Crippen molar-refractivity contribution in [2.24, 2.45) is 0 Å². The number of fused-ring (bicyclic) bond motifs is 1. The molecule has 0 radical (unpaired) electrons. The number of nitrogens with zero attached hydrogens (tertiary/aromatic N) is 1. The van der Waals surface area contributed by atoms with E-state index in [4.69, 9.17) is 16.6 Å². The van der Waals surface area contributed by atoms with Crippen molar-refractivity contribution in [1.29, 1.82) is 0 Å². The molecule has 2 aromatic carbocycles. The third-order valence-corrected chi connectivity index (χ3v) is 6.32. The molecular weight excluding hydrogens is 385 g/mol. The zero-order valence-electron chi connectivity index (χ0n) is 14.7. The first-order valence-electron chi connectivity index (χ1n) is 9.05. The van der Waals surface area contributed by atoms with Gasteiger partial charge in [-0.3, -0.25) is 4.79 Å². The second-order valence-electron chi connectivity index (χ2n) is 6.83. The summed E-state index contributed by atoms with van der Waals surface area (Å²) in [4.78, 5) is 18.5. The number of likely N-dealkylation sites (tertiary alicyclic amines) is 1. The fourth-order valence-corrected chi connectivity index (χ4v) is 4.95. The van der Waals surface area contributed by atoms with Crippen LogP contribution in [0.1, 0.15) is 30.3 Å². The van der Waals surface area contributed by atoms with Crippen molar-refractivity contribution in [2.45, 2.75) is 25.3 Å². The summed E-state index contributed by atoms with van der Waals surface area (Å²) in [5, 5.41) is 4.13. The van der Waals surface area contributed by atoms with Gasteiger partial charge in [0.2, 0.25) is 0 Å². The third kappa shape index (κ3) is 4.13. The Balaban J connectivity index is 1.50. The first-order chi connectivity index (χ1) is 13.1. The average Bonchev–Trinajstić information content (AvgIpc) is 3.09. The fraction of sp³-hybridized carbons (Fsp3) is 0.300. The SMILES string of the molecule is O=C(C[NH+]1CCCC[C@@H]1c1nc2ccccc2s1)Nc1cc(Cl)ccc1F. The molecule has 3 aromatic rings. The molecule has 0 bridgehead atoms. The monoisotopic (exact) mass is 404 g/mol. The molecule has 1 amide bonds. The zero-order chi connectivity index (χ0) is 18.8. The predicted octanol–water partition coefficient (Wildman–Crippen LogP) is 3.84. The van der Waals surface area contributed by atoms with Crippen LogP contribution in [0, 0.1) is 5.82 Å². The number of nitrogens with one attached hydrogen (secondary N) is 2. The number of benzene rings is 2. The molecule has 27 heavy (non-hydrogen) atoms. The van der Waals surface area contributed by atoms with Gasteiger partial charge in [-0.25, -0.2) is 9.37 Å². The quantitative estimate of drug-likeness (QED) is 0.694. The van der Waals surface area contributed by atoms with E-state index in [0.29, 0.717) is 5.02 Å². The van der Waals surface area contributed by atoms with Gasteiger partial charge in [-0.15, -0.1) is 11.3 Å². The molecule has 0 aliphatic carbocycles. The lowest BCUT2D eigenvalue weighted by atomic mass is 10.0. The summed E-state index contributed by atoms with van der Waals surface area (Å²) in [7, 11) is 0. The largest absolute Gasteiger partial charge is 0.319 e. The number of rotatable bonds is 4. The number of piperidine rings is 1. The van der Waals surface area contributed by atoms with Crippen LogP contribution in [0.5, 0.6) is 0 Å². The van der Waals surface area contributed by atoms with E-state index in [1.807, 2.05) is 18.2 Å². The summed E-state index contributed by atoms with van der Waals surface area (Å²) in [5.41, 5.74) is 1.13. The molecule has 0 saturated carbocycles. The number of quaternary nitrogens is 1. The number of thiazole rings is 1. The lowest BCUT2D eigenvalue weighted by Crippen LogP contribution is -3.14. The Labute approximate surface area is 166 Å². The number of amides is 1. The average molecular weight is 405 g/mol. The van der Waals surface area contributed by atoms with Gasteiger partial charge in [0.25, 0.3) is 5.91 Å². The van der Waals surface area contributed by atoms with E-state index >= 15 is 0 Å². The van der Waals surface area contributed by atoms with Crippen molar-refractivity contribution in [2.75, 3.05) is 18.4 Å². The van der Waals surface area contributed by atoms with Gasteiger partial charge in [0.1, 0.15) is 11.9 Å². The smallest absolute Gasteiger partial charge is 0.279 e. The number of carbonyl (C=O) groups excluding carboxylic acids is 1. The minimum absolute atomic E-state index is 0.125. The highest BCUT2D eigenvalue weighted by molar-refractivity contribution is 7.18. The molecule has 1 unspecified atom stereocenters. The molecule has 1 fully saturated rings. The van der Waals surface area contributed by atoms with Crippen LogP contribution in [0.15, 0.2) is 42.5 Å². The van der Waals surface area contributed by atoms with Gasteiger partial charge in [-0.05, 0) is 43.2 Å². The van der Waals surface area contributed by atoms with Crippen LogP contribution >= 0.6 is 22.9 Å². The van der Waals surface area contributed by atoms with E-state index in [1.165, 1.54) is 27.8 Å². The van der Waals surface area contributed by atoms with Crippen molar-refractivity contribution in [3.05, 3.63) is 58.3 Å². The first kappa shape index (κ1) is 18.3. The molecule has 1 aromatic heterocycles. The molecule has 4 nitrogen and oxygen atoms in total. The van der Waals surface area contributed by atoms with Crippen molar-refractivity contribution >= 4 is 44.7 Å². The van der Waals surface area contributed by atoms with E-state index in [9.17, 15) is 9.18 Å². The van der Waals surface area contributed by atoms with Crippen LogP contribution in [-0.2, 0) is 4.79 Å². The molecule has 140 valence electrons. The zero-order valence-corrected chi connectivity index (χ0v) is 16.2. The van der Waals surface area contributed by atoms with Gasteiger partial charge in [-0.1, -0.05) is 23.7 Å². The molecule has 4 rings (SSSR count). The van der Waals surface area contributed by atoms with Gasteiger partial charge in [-0.2, -0.15) is 0 Å². The van der Waals surface area contributed by atoms with E-state index in [0.717, 1.165) is 36.3 Å². The third-order valence-electron chi connectivity index (χ3n) is 4.93. The summed E-state index contributed by atoms with van der Waals surface area (Å²) >= 11 is 7.61. The lowest BCUT2D eigenvalue weighted by molar-refractivity contribution is -0.929. The maximum absolute atomic E-state index is 13.9. The lowest BCUT2D eigenvalue weighted by Gasteiger charge is -2.30. The van der Waals surface area contributed by atoms with E-state index < -0.39 is 5.82 Å². The maximum atomic E-state index is 13.9. The summed E-state index contributed by atoms with van der Waals surface area (Å²) < 4.78 is 15.0. The van der Waals surface area contributed by atoms with Crippen molar-refractivity contribution in [1.82, 2.24) is 4.98 Å². The molecule has 1 aliphatic heterocycles. The topological polar surface area (TPSA) is 46.4 Å². The molecule has 0 spiro atoms. The number of carbonyl (C=O) groups is 1. The fourth-order valence-electron chi connectivity index (χ4n) is 3.62. The Morgan fingerprint density at radius 1 is 1.30 bits per heavy atom. The molecule has 1 saturated heterocycles. The summed E-state index contributed by atoms with van der Waals surface area (Å²) in [6.45, 7) is 1.19. The van der Waals surface area contributed by atoms with E-state index in [2.05, 4.69) is 11.4 Å². The minimum atomic E-state index is -0.482. The molecule has 7 heteroatoms. The normalized spacial score (nSPS) is 19.9. The standard InChI is InChI=1S/C20H19ClFN3OS/c21-13-8-9-14(22)16(11-13)23-19(26)12-25-10-4-3-6-17(25)20-24-15-5-1-2-7-18(15)27-20/h1-2,5,7-9,11,17H,3-4,6,10,12H2,(H,23,26)/p+1/t17-/m1/s1. The van der Waals surface area contributed by atoms with Crippen LogP contribution in [0.3, 0.4) is 0 Å². The number of hydrogen-bond donors (Lipinski definition) is 2. The second kappa shape index (κ2) is 7.92. The minimum Gasteiger partial charge on any atom is -0.319 e. The second-order valence-corrected chi connectivity index (χ2v) is 8.32. The summed E-state index contributed by atoms with van der Waals surface area (Å²) in [5.74, 6) is -0.691. The number of halogens is 2. The van der Waals surface area contributed by atoms with Gasteiger partial charge in [0, 0.05) is 11.4 Å². The number of hydrogen-bond acceptors (Lipinski definition) is 3. The van der Waals surface area contributed by atoms with Crippen molar-refractivity contribution in [3.63, 3.8) is 0 Å². The van der Waals surface area contributed by atoms with Crippen LogP contribution in [-0.4, -0.2) is 24.0 Å². The summed E-state index contributed by atoms with van der Waals surface area (Å²) in [6, 6.07) is 12.5. The highest BCUT2D eigenvalue weighted by Gasteiger charge is 2.32. The van der Waals surface area contributed by atoms with Gasteiger partial charge in [0.05, 0.1) is 22.4 Å². The van der Waals surface area contributed by atoms with Crippen LogP contribution in [0.4, 0.5) is 10.1 Å². The highest BCUT2D eigenvalue weighted by atomic mass is 35.5. The van der Waals surface area contributed by atoms with Crippen LogP contribution in [0.25, 0.3) is 10.2 Å².